The van der Waals surface area contributed by atoms with Crippen molar-refractivity contribution in [2.24, 2.45) is 0 Å². The van der Waals surface area contributed by atoms with E-state index in [0.717, 1.165) is 126 Å². The van der Waals surface area contributed by atoms with Gasteiger partial charge in [-0.05, 0) is 129 Å². The van der Waals surface area contributed by atoms with Crippen molar-refractivity contribution in [1.82, 2.24) is 64.6 Å². The van der Waals surface area contributed by atoms with E-state index in [2.05, 4.69) is 138 Å². The predicted molar refractivity (Wildman–Crippen MR) is 390 cm³/mol. The zero-order chi connectivity index (χ0) is 69.0. The number of rotatable bonds is 20. The summed E-state index contributed by atoms with van der Waals surface area (Å²) in [4.78, 5) is 44.2. The number of halogens is 3. The standard InChI is InChI=1S/C34H44ClN9O3S.C20H34N4O.C14H11Cl2N5O2S/c1-5-6-24-19-30(31(47-3)20-25(24)23-9-13-43(14-10-23)44-17-15-42(2)16-18-44)40-34-38-21-27(35)33(41-34)39-28-7-8-29-32(37-12-11-36-29)26(28)22-48(4,45)46;1-4-5-16-14-18(21)20(25-3)15-19(16)24-8-6-17(7-9-24)23-12-10-22(2)11-13-23;1-24(22,23)7-8-10(2-3-11-12(8)18-5-4-17-11)20-13-9(15)6-19-14(16)21-13/h7-8,11-12,19-21,23H,5-6,9-10,13-18,22H2,1-4H3,(H2,38,39,40,41);14-15,17H,4-13,21H2,1-3H3;2-6H,7H2,1H3,(H,19,20,21). The summed E-state index contributed by atoms with van der Waals surface area (Å²) < 4.78 is 59.8. The largest absolute Gasteiger partial charge is 0.495 e. The maximum absolute atomic E-state index is 12.4. The summed E-state index contributed by atoms with van der Waals surface area (Å²) in [5.74, 6) is 2.48. The molecule has 520 valence electrons. The lowest BCUT2D eigenvalue weighted by molar-refractivity contribution is -0.0675. The van der Waals surface area contributed by atoms with E-state index in [4.69, 9.17) is 50.0 Å². The molecule has 4 aliphatic heterocycles. The molecule has 0 spiro atoms. The maximum atomic E-state index is 12.4. The van der Waals surface area contributed by atoms with E-state index < -0.39 is 19.7 Å². The maximum Gasteiger partial charge on any atom is 0.229 e. The summed E-state index contributed by atoms with van der Waals surface area (Å²) in [6, 6.07) is 16.3. The zero-order valence-corrected chi connectivity index (χ0v) is 60.4. The Balaban J connectivity index is 0.000000175. The van der Waals surface area contributed by atoms with Gasteiger partial charge < -0.3 is 45.9 Å². The van der Waals surface area contributed by atoms with Crippen molar-refractivity contribution >= 4 is 123 Å². The van der Waals surface area contributed by atoms with Crippen LogP contribution in [0.4, 0.5) is 46.0 Å². The average Bonchev–Trinajstić information content (AvgIpc) is 0.823. The highest BCUT2D eigenvalue weighted by atomic mass is 35.5. The first kappa shape index (κ1) is 72.6. The van der Waals surface area contributed by atoms with Gasteiger partial charge >= 0.3 is 0 Å². The molecule has 24 nitrogen and oxygen atoms in total. The molecule has 0 unspecified atom stereocenters. The number of fused-ring (bicyclic) bond motifs is 2. The summed E-state index contributed by atoms with van der Waals surface area (Å²) in [5.41, 5.74) is 17.2. The van der Waals surface area contributed by atoms with Gasteiger partial charge in [-0.15, -0.1) is 0 Å². The second kappa shape index (κ2) is 33.2. The van der Waals surface area contributed by atoms with Gasteiger partial charge in [0.05, 0.1) is 71.6 Å². The van der Waals surface area contributed by atoms with E-state index in [-0.39, 0.29) is 32.7 Å². The molecule has 0 atom stereocenters. The normalized spacial score (nSPS) is 16.7. The Bertz CT molecular complexity index is 4250. The highest BCUT2D eigenvalue weighted by Crippen LogP contribution is 2.41. The smallest absolute Gasteiger partial charge is 0.229 e. The van der Waals surface area contributed by atoms with Crippen molar-refractivity contribution in [3.8, 4) is 11.5 Å². The fourth-order valence-corrected chi connectivity index (χ4v) is 15.1. The van der Waals surface area contributed by atoms with Gasteiger partial charge in [-0.3, -0.25) is 24.8 Å². The molecular formula is C68H89Cl3N18O6S2. The molecule has 0 saturated carbocycles. The van der Waals surface area contributed by atoms with E-state index in [9.17, 15) is 16.8 Å². The molecule has 4 aromatic carbocycles. The topological polar surface area (TPSA) is 271 Å². The van der Waals surface area contributed by atoms with Crippen LogP contribution >= 0.6 is 34.8 Å². The number of nitrogens with zero attached hydrogens (tertiary/aromatic N) is 14. The van der Waals surface area contributed by atoms with Crippen LogP contribution in [0.1, 0.15) is 86.1 Å². The fourth-order valence-electron chi connectivity index (χ4n) is 13.1. The number of nitrogen functional groups attached to an aromatic ring is 1. The lowest BCUT2D eigenvalue weighted by Crippen LogP contribution is -2.54. The fraction of sp³-hybridized carbons (Fsp3) is 0.471. The van der Waals surface area contributed by atoms with Crippen LogP contribution in [0, 0.1) is 0 Å². The van der Waals surface area contributed by atoms with Crippen molar-refractivity contribution in [2.75, 3.05) is 146 Å². The summed E-state index contributed by atoms with van der Waals surface area (Å²) in [6.07, 6.45) is 20.3. The number of piperidine rings is 2. The number of piperazine rings is 2. The van der Waals surface area contributed by atoms with Gasteiger partial charge in [0.1, 0.15) is 21.5 Å². The Morgan fingerprint density at radius 1 is 0.557 bits per heavy atom. The van der Waals surface area contributed by atoms with Crippen molar-refractivity contribution in [2.45, 2.75) is 88.7 Å². The summed E-state index contributed by atoms with van der Waals surface area (Å²) in [5, 5.41) is 15.2. The van der Waals surface area contributed by atoms with Crippen LogP contribution in [-0.4, -0.2) is 207 Å². The van der Waals surface area contributed by atoms with Gasteiger partial charge in [-0.1, -0.05) is 49.9 Å². The summed E-state index contributed by atoms with van der Waals surface area (Å²) in [6.45, 7) is 18.1. The van der Waals surface area contributed by atoms with Gasteiger partial charge in [0.25, 0.3) is 0 Å². The number of aryl methyl sites for hydroxylation is 2. The Hall–Kier alpha value is -7.11. The molecule has 0 bridgehead atoms. The molecule has 0 amide bonds. The molecule has 0 radical (unpaired) electrons. The second-order valence-electron chi connectivity index (χ2n) is 25.3. The molecule has 4 fully saturated rings. The van der Waals surface area contributed by atoms with Crippen LogP contribution in [0.3, 0.4) is 0 Å². The minimum Gasteiger partial charge on any atom is -0.495 e. The third kappa shape index (κ3) is 19.2. The number of sulfone groups is 2. The molecule has 4 saturated heterocycles. The molecule has 12 rings (SSSR count). The molecule has 29 heteroatoms. The monoisotopic (exact) mass is 1420 g/mol. The number of methoxy groups -OCH3 is 2. The number of hydrogen-bond acceptors (Lipinski definition) is 24. The Morgan fingerprint density at radius 3 is 1.62 bits per heavy atom. The van der Waals surface area contributed by atoms with E-state index in [1.54, 1.807) is 57.1 Å². The van der Waals surface area contributed by atoms with Gasteiger partial charge in [0, 0.05) is 156 Å². The Labute approximate surface area is 584 Å². The molecule has 97 heavy (non-hydrogen) atoms. The number of hydrogen-bond donors (Lipinski definition) is 4. The number of hydrazine groups is 1. The predicted octanol–water partition coefficient (Wildman–Crippen LogP) is 10.9. The van der Waals surface area contributed by atoms with Gasteiger partial charge in [-0.25, -0.2) is 36.8 Å². The number of ether oxygens (including phenoxy) is 2. The minimum absolute atomic E-state index is 0.0205. The third-order valence-electron chi connectivity index (χ3n) is 18.1. The highest BCUT2D eigenvalue weighted by molar-refractivity contribution is 7.90. The average molecular weight is 1430 g/mol. The first-order valence-electron chi connectivity index (χ1n) is 32.9. The van der Waals surface area contributed by atoms with Gasteiger partial charge in [0.15, 0.2) is 31.3 Å². The molecule has 4 aromatic heterocycles. The van der Waals surface area contributed by atoms with Crippen LogP contribution in [0.2, 0.25) is 15.3 Å². The number of likely N-dealkylation sites (N-methyl/N-ethyl adjacent to an activating group) is 2. The molecule has 5 N–H and O–H groups in total. The molecule has 0 aliphatic carbocycles. The Kier molecular flexibility index (Phi) is 24.8. The number of benzene rings is 4. The first-order chi connectivity index (χ1) is 46.6. The highest BCUT2D eigenvalue weighted by Gasteiger charge is 2.31. The van der Waals surface area contributed by atoms with Crippen molar-refractivity contribution < 1.29 is 26.3 Å². The van der Waals surface area contributed by atoms with E-state index in [1.807, 2.05) is 0 Å². The zero-order valence-electron chi connectivity index (χ0n) is 56.5. The second-order valence-corrected chi connectivity index (χ2v) is 30.7. The van der Waals surface area contributed by atoms with E-state index >= 15 is 0 Å². The summed E-state index contributed by atoms with van der Waals surface area (Å²) >= 11 is 18.4. The molecule has 4 aliphatic rings. The third-order valence-corrected chi connectivity index (χ3v) is 20.5. The lowest BCUT2D eigenvalue weighted by atomic mass is 9.85. The van der Waals surface area contributed by atoms with E-state index in [0.29, 0.717) is 62.3 Å². The number of nitrogens with one attached hydrogen (secondary N) is 3. The number of anilines is 8. The molecule has 8 aromatic rings. The van der Waals surface area contributed by atoms with Crippen LogP contribution in [0.15, 0.2) is 85.7 Å². The minimum atomic E-state index is -3.39. The van der Waals surface area contributed by atoms with Crippen molar-refractivity contribution in [3.63, 3.8) is 0 Å². The first-order valence-corrected chi connectivity index (χ1v) is 38.2. The number of nitrogens with two attached hydrogens (primary N) is 1. The molecular weight excluding hydrogens is 1340 g/mol. The molecule has 8 heterocycles. The van der Waals surface area contributed by atoms with Gasteiger partial charge in [0.2, 0.25) is 11.2 Å². The summed E-state index contributed by atoms with van der Waals surface area (Å²) in [7, 11) is 1.12. The SMILES string of the molecule is CCCc1cc(N)c(OC)cc1N1CCC(N2CCN(C)CC2)CC1.CCCc1cc(Nc2ncc(Cl)c(Nc3ccc4nccnc4c3CS(C)(=O)=O)n2)c(OC)cc1C1CCN(N2CCN(C)CC2)CC1.CS(=O)(=O)Cc1c(Nc2nc(Cl)ncc2Cl)ccc2nccnc12. The van der Waals surface area contributed by atoms with Crippen LogP contribution in [0.25, 0.3) is 22.1 Å². The van der Waals surface area contributed by atoms with Crippen LogP contribution < -0.4 is 36.1 Å². The van der Waals surface area contributed by atoms with Crippen LogP contribution in [-0.2, 0) is 44.0 Å². The number of aromatic nitrogens is 8. The van der Waals surface area contributed by atoms with E-state index in [1.165, 1.54) is 86.2 Å². The Morgan fingerprint density at radius 2 is 1.07 bits per heavy atom. The van der Waals surface area contributed by atoms with Crippen LogP contribution in [0.5, 0.6) is 11.5 Å². The van der Waals surface area contributed by atoms with Gasteiger partial charge in [-0.2, -0.15) is 9.97 Å². The quantitative estimate of drug-likeness (QED) is 0.0408. The van der Waals surface area contributed by atoms with Crippen molar-refractivity contribution in [1.29, 1.82) is 0 Å². The van der Waals surface area contributed by atoms with Crippen molar-refractivity contribution in [3.05, 3.63) is 129 Å². The lowest BCUT2D eigenvalue weighted by Gasteiger charge is -2.43.